The predicted octanol–water partition coefficient (Wildman–Crippen LogP) is 4.40. The van der Waals surface area contributed by atoms with Gasteiger partial charge in [0, 0.05) is 17.6 Å². The number of benzene rings is 1. The molecule has 0 amide bonds. The van der Waals surface area contributed by atoms with Crippen LogP contribution in [-0.4, -0.2) is 16.5 Å². The molecule has 1 N–H and O–H groups in total. The number of aromatic nitrogens is 2. The maximum Gasteiger partial charge on any atom is 0.239 e. The highest BCUT2D eigenvalue weighted by Gasteiger charge is 2.06. The lowest BCUT2D eigenvalue weighted by atomic mass is 10.3. The molecule has 6 heteroatoms. The highest BCUT2D eigenvalue weighted by Crippen LogP contribution is 2.31. The Morgan fingerprint density at radius 3 is 2.89 bits per heavy atom. The zero-order chi connectivity index (χ0) is 13.7. The second kappa shape index (κ2) is 6.59. The first-order chi connectivity index (χ1) is 9.19. The zero-order valence-corrected chi connectivity index (χ0v) is 11.9. The van der Waals surface area contributed by atoms with E-state index in [1.807, 2.05) is 0 Å². The Morgan fingerprint density at radius 2 is 2.11 bits per heavy atom. The molecule has 0 saturated heterocycles. The second-order valence-corrected chi connectivity index (χ2v) is 4.69. The number of halogens is 2. The molecule has 2 rings (SSSR count). The van der Waals surface area contributed by atoms with Crippen LogP contribution in [0.2, 0.25) is 10.0 Å². The van der Waals surface area contributed by atoms with E-state index in [0.29, 0.717) is 27.5 Å². The van der Waals surface area contributed by atoms with Crippen LogP contribution in [0, 0.1) is 0 Å². The van der Waals surface area contributed by atoms with Crippen molar-refractivity contribution in [2.24, 2.45) is 0 Å². The number of ether oxygens (including phenoxy) is 1. The highest BCUT2D eigenvalue weighted by molar-refractivity contribution is 6.34. The second-order valence-electron chi connectivity index (χ2n) is 3.85. The Bertz CT molecular complexity index is 563. The SMILES string of the molecule is CCCNc1cncc(Oc2cc(Cl)ccc2Cl)n1. The lowest BCUT2D eigenvalue weighted by Crippen LogP contribution is -2.03. The summed E-state index contributed by atoms with van der Waals surface area (Å²) in [6.45, 7) is 2.91. The molecule has 2 aromatic rings. The fraction of sp³-hybridized carbons (Fsp3) is 0.231. The first kappa shape index (κ1) is 13.9. The van der Waals surface area contributed by atoms with Crippen LogP contribution in [-0.2, 0) is 0 Å². The van der Waals surface area contributed by atoms with Crippen LogP contribution in [0.5, 0.6) is 11.6 Å². The predicted molar refractivity (Wildman–Crippen MR) is 77.3 cm³/mol. The van der Waals surface area contributed by atoms with Crippen LogP contribution in [0.3, 0.4) is 0 Å². The van der Waals surface area contributed by atoms with E-state index in [1.165, 1.54) is 6.20 Å². The Morgan fingerprint density at radius 1 is 1.26 bits per heavy atom. The first-order valence-electron chi connectivity index (χ1n) is 5.88. The smallest absolute Gasteiger partial charge is 0.239 e. The molecule has 19 heavy (non-hydrogen) atoms. The summed E-state index contributed by atoms with van der Waals surface area (Å²) in [6.07, 6.45) is 4.17. The van der Waals surface area contributed by atoms with Crippen molar-refractivity contribution in [2.45, 2.75) is 13.3 Å². The van der Waals surface area contributed by atoms with E-state index in [-0.39, 0.29) is 0 Å². The summed E-state index contributed by atoms with van der Waals surface area (Å²) in [7, 11) is 0. The molecule has 0 unspecified atom stereocenters. The van der Waals surface area contributed by atoms with Gasteiger partial charge in [0.15, 0.2) is 0 Å². The van der Waals surface area contributed by atoms with Gasteiger partial charge in [0.1, 0.15) is 11.6 Å². The molecule has 0 atom stereocenters. The molecule has 0 fully saturated rings. The number of nitrogens with one attached hydrogen (secondary N) is 1. The van der Waals surface area contributed by atoms with Gasteiger partial charge in [0.2, 0.25) is 5.88 Å². The van der Waals surface area contributed by atoms with E-state index < -0.39 is 0 Å². The number of hydrogen-bond acceptors (Lipinski definition) is 4. The summed E-state index contributed by atoms with van der Waals surface area (Å²) in [6, 6.07) is 5.01. The van der Waals surface area contributed by atoms with Gasteiger partial charge in [-0.15, -0.1) is 0 Å². The monoisotopic (exact) mass is 297 g/mol. The van der Waals surface area contributed by atoms with Crippen LogP contribution in [0.25, 0.3) is 0 Å². The van der Waals surface area contributed by atoms with Crippen molar-refractivity contribution < 1.29 is 4.74 Å². The third-order valence-electron chi connectivity index (χ3n) is 2.28. The van der Waals surface area contributed by atoms with Gasteiger partial charge in [0.25, 0.3) is 0 Å². The van der Waals surface area contributed by atoms with Gasteiger partial charge in [-0.1, -0.05) is 30.1 Å². The molecule has 100 valence electrons. The molecule has 0 aliphatic rings. The third-order valence-corrected chi connectivity index (χ3v) is 2.82. The molecular weight excluding hydrogens is 285 g/mol. The largest absolute Gasteiger partial charge is 0.436 e. The summed E-state index contributed by atoms with van der Waals surface area (Å²) in [4.78, 5) is 8.34. The van der Waals surface area contributed by atoms with Gasteiger partial charge in [-0.2, -0.15) is 4.98 Å². The summed E-state index contributed by atoms with van der Waals surface area (Å²) < 4.78 is 5.58. The van der Waals surface area contributed by atoms with E-state index in [1.54, 1.807) is 24.4 Å². The topological polar surface area (TPSA) is 47.0 Å². The third kappa shape index (κ3) is 3.98. The van der Waals surface area contributed by atoms with Crippen LogP contribution in [0.4, 0.5) is 5.82 Å². The number of anilines is 1. The maximum atomic E-state index is 6.02. The number of rotatable bonds is 5. The van der Waals surface area contributed by atoms with Crippen molar-refractivity contribution in [2.75, 3.05) is 11.9 Å². The van der Waals surface area contributed by atoms with Crippen molar-refractivity contribution >= 4 is 29.0 Å². The summed E-state index contributed by atoms with van der Waals surface area (Å²) in [5, 5.41) is 4.15. The molecule has 0 saturated carbocycles. The van der Waals surface area contributed by atoms with Gasteiger partial charge >= 0.3 is 0 Å². The molecule has 1 aromatic carbocycles. The normalized spacial score (nSPS) is 10.3. The molecule has 4 nitrogen and oxygen atoms in total. The average Bonchev–Trinajstić information content (AvgIpc) is 2.41. The van der Waals surface area contributed by atoms with Gasteiger partial charge in [-0.3, -0.25) is 4.98 Å². The van der Waals surface area contributed by atoms with Crippen LogP contribution < -0.4 is 10.1 Å². The van der Waals surface area contributed by atoms with Crippen molar-refractivity contribution in [1.29, 1.82) is 0 Å². The quantitative estimate of drug-likeness (QED) is 0.889. The Balaban J connectivity index is 2.16. The van der Waals surface area contributed by atoms with Crippen molar-refractivity contribution in [1.82, 2.24) is 9.97 Å². The van der Waals surface area contributed by atoms with E-state index in [2.05, 4.69) is 22.2 Å². The van der Waals surface area contributed by atoms with Crippen LogP contribution >= 0.6 is 23.2 Å². The molecule has 0 radical (unpaired) electrons. The van der Waals surface area contributed by atoms with E-state index in [4.69, 9.17) is 27.9 Å². The zero-order valence-electron chi connectivity index (χ0n) is 10.4. The van der Waals surface area contributed by atoms with E-state index in [0.717, 1.165) is 13.0 Å². The minimum Gasteiger partial charge on any atom is -0.436 e. The molecule has 0 aliphatic heterocycles. The number of hydrogen-bond donors (Lipinski definition) is 1. The van der Waals surface area contributed by atoms with Gasteiger partial charge < -0.3 is 10.1 Å². The lowest BCUT2D eigenvalue weighted by molar-refractivity contribution is 0.461. The Kier molecular flexibility index (Phi) is 4.82. The average molecular weight is 298 g/mol. The summed E-state index contributed by atoms with van der Waals surface area (Å²) in [5.74, 6) is 1.49. The van der Waals surface area contributed by atoms with E-state index >= 15 is 0 Å². The van der Waals surface area contributed by atoms with Crippen molar-refractivity contribution in [3.8, 4) is 11.6 Å². The Labute approximate surface area is 121 Å². The molecular formula is C13H13Cl2N3O. The fourth-order valence-corrected chi connectivity index (χ4v) is 1.72. The van der Waals surface area contributed by atoms with Gasteiger partial charge in [0.05, 0.1) is 17.4 Å². The molecule has 1 aromatic heterocycles. The Hall–Kier alpha value is -1.52. The van der Waals surface area contributed by atoms with Gasteiger partial charge in [-0.25, -0.2) is 0 Å². The highest BCUT2D eigenvalue weighted by atomic mass is 35.5. The van der Waals surface area contributed by atoms with Crippen molar-refractivity contribution in [3.05, 3.63) is 40.6 Å². The first-order valence-corrected chi connectivity index (χ1v) is 6.63. The summed E-state index contributed by atoms with van der Waals surface area (Å²) >= 11 is 11.9. The van der Waals surface area contributed by atoms with Crippen LogP contribution in [0.1, 0.15) is 13.3 Å². The molecule has 1 heterocycles. The lowest BCUT2D eigenvalue weighted by Gasteiger charge is -2.08. The fourth-order valence-electron chi connectivity index (χ4n) is 1.40. The van der Waals surface area contributed by atoms with Gasteiger partial charge in [-0.05, 0) is 18.6 Å². The van der Waals surface area contributed by atoms with E-state index in [9.17, 15) is 0 Å². The number of nitrogens with zero attached hydrogens (tertiary/aromatic N) is 2. The standard InChI is InChI=1S/C13H13Cl2N3O/c1-2-5-17-12-7-16-8-13(18-12)19-11-6-9(14)3-4-10(11)15/h3-4,6-8H,2,5H2,1H3,(H,17,18). The molecule has 0 spiro atoms. The molecule has 0 bridgehead atoms. The molecule has 0 aliphatic carbocycles. The minimum absolute atomic E-state index is 0.366. The summed E-state index contributed by atoms with van der Waals surface area (Å²) in [5.41, 5.74) is 0. The van der Waals surface area contributed by atoms with Crippen LogP contribution in [0.15, 0.2) is 30.6 Å². The van der Waals surface area contributed by atoms with Crippen molar-refractivity contribution in [3.63, 3.8) is 0 Å². The maximum absolute atomic E-state index is 6.02. The minimum atomic E-state index is 0.366.